The van der Waals surface area contributed by atoms with E-state index in [1.165, 1.54) is 4.88 Å². The zero-order valence-electron chi connectivity index (χ0n) is 12.2. The van der Waals surface area contributed by atoms with Crippen LogP contribution in [0, 0.1) is 13.8 Å². The predicted molar refractivity (Wildman–Crippen MR) is 86.2 cm³/mol. The number of rotatable bonds is 5. The third kappa shape index (κ3) is 3.44. The maximum Gasteiger partial charge on any atom is 0.142 e. The van der Waals surface area contributed by atoms with Gasteiger partial charge in [0.15, 0.2) is 0 Å². The summed E-state index contributed by atoms with van der Waals surface area (Å²) in [6, 6.07) is 5.79. The summed E-state index contributed by atoms with van der Waals surface area (Å²) in [4.78, 5) is 5.71. The number of aryl methyl sites for hydroxylation is 2. The van der Waals surface area contributed by atoms with Crippen LogP contribution in [0.15, 0.2) is 18.2 Å². The Labute approximate surface area is 129 Å². The van der Waals surface area contributed by atoms with E-state index in [0.29, 0.717) is 11.6 Å². The summed E-state index contributed by atoms with van der Waals surface area (Å²) in [6.45, 7) is 8.79. The molecule has 1 atom stereocenters. The van der Waals surface area contributed by atoms with Gasteiger partial charge in [0.1, 0.15) is 5.75 Å². The summed E-state index contributed by atoms with van der Waals surface area (Å²) in [7, 11) is 0. The normalized spacial score (nSPS) is 12.2. The molecule has 1 N–H and O–H groups in total. The van der Waals surface area contributed by atoms with Gasteiger partial charge in [-0.15, -0.1) is 11.3 Å². The fraction of sp³-hybridized carbons (Fsp3) is 0.400. The summed E-state index contributed by atoms with van der Waals surface area (Å²) < 4.78 is 5.63. The van der Waals surface area contributed by atoms with Crippen LogP contribution in [-0.4, -0.2) is 11.6 Å². The SMILES string of the molecule is CCOc1ccc(Cl)cc1NC(C)c1sc(C)nc1C. The van der Waals surface area contributed by atoms with Gasteiger partial charge in [-0.3, -0.25) is 0 Å². The first kappa shape index (κ1) is 15.1. The van der Waals surface area contributed by atoms with Crippen LogP contribution in [0.1, 0.15) is 35.5 Å². The topological polar surface area (TPSA) is 34.1 Å². The highest BCUT2D eigenvalue weighted by Crippen LogP contribution is 2.33. The van der Waals surface area contributed by atoms with E-state index in [2.05, 4.69) is 17.2 Å². The molecule has 0 spiro atoms. The van der Waals surface area contributed by atoms with Gasteiger partial charge < -0.3 is 10.1 Å². The fourth-order valence-electron chi connectivity index (χ4n) is 2.14. The molecule has 1 aromatic heterocycles. The Bertz CT molecular complexity index is 598. The molecule has 0 saturated carbocycles. The van der Waals surface area contributed by atoms with E-state index in [-0.39, 0.29) is 6.04 Å². The van der Waals surface area contributed by atoms with Crippen LogP contribution in [0.25, 0.3) is 0 Å². The van der Waals surface area contributed by atoms with Gasteiger partial charge in [0.25, 0.3) is 0 Å². The number of ether oxygens (including phenoxy) is 1. The summed E-state index contributed by atoms with van der Waals surface area (Å²) >= 11 is 7.79. The number of hydrogen-bond acceptors (Lipinski definition) is 4. The first-order valence-corrected chi connectivity index (χ1v) is 7.83. The second kappa shape index (κ2) is 6.46. The molecule has 2 rings (SSSR count). The van der Waals surface area contributed by atoms with Crippen molar-refractivity contribution in [2.45, 2.75) is 33.7 Å². The van der Waals surface area contributed by atoms with Crippen molar-refractivity contribution in [1.82, 2.24) is 4.98 Å². The average molecular weight is 311 g/mol. The maximum absolute atomic E-state index is 6.08. The Kier molecular flexibility index (Phi) is 4.89. The van der Waals surface area contributed by atoms with Crippen molar-refractivity contribution < 1.29 is 4.74 Å². The van der Waals surface area contributed by atoms with Crippen LogP contribution < -0.4 is 10.1 Å². The number of nitrogens with zero attached hydrogens (tertiary/aromatic N) is 1. The van der Waals surface area contributed by atoms with E-state index >= 15 is 0 Å². The molecule has 20 heavy (non-hydrogen) atoms. The second-order valence-corrected chi connectivity index (χ2v) is 6.29. The minimum absolute atomic E-state index is 0.166. The van der Waals surface area contributed by atoms with Crippen molar-refractivity contribution in [2.75, 3.05) is 11.9 Å². The van der Waals surface area contributed by atoms with Crippen molar-refractivity contribution in [3.8, 4) is 5.75 Å². The van der Waals surface area contributed by atoms with Gasteiger partial charge in [-0.25, -0.2) is 4.98 Å². The van der Waals surface area contributed by atoms with Gasteiger partial charge in [-0.05, 0) is 45.9 Å². The average Bonchev–Trinajstić information content (AvgIpc) is 2.72. The molecule has 0 aliphatic carbocycles. The van der Waals surface area contributed by atoms with Crippen molar-refractivity contribution >= 4 is 28.6 Å². The van der Waals surface area contributed by atoms with Gasteiger partial charge in [-0.2, -0.15) is 0 Å². The summed E-state index contributed by atoms with van der Waals surface area (Å²) in [5, 5.41) is 5.25. The fourth-order valence-corrected chi connectivity index (χ4v) is 3.25. The molecule has 0 aliphatic heterocycles. The van der Waals surface area contributed by atoms with Gasteiger partial charge >= 0.3 is 0 Å². The Morgan fingerprint density at radius 2 is 2.15 bits per heavy atom. The lowest BCUT2D eigenvalue weighted by Gasteiger charge is -2.18. The van der Waals surface area contributed by atoms with E-state index in [0.717, 1.165) is 22.1 Å². The molecular formula is C15H19ClN2OS. The van der Waals surface area contributed by atoms with Crippen LogP contribution in [0.4, 0.5) is 5.69 Å². The number of nitrogens with one attached hydrogen (secondary N) is 1. The molecule has 0 bridgehead atoms. The molecule has 0 amide bonds. The summed E-state index contributed by atoms with van der Waals surface area (Å²) in [6.07, 6.45) is 0. The molecule has 5 heteroatoms. The lowest BCUT2D eigenvalue weighted by molar-refractivity contribution is 0.341. The number of halogens is 1. The zero-order valence-corrected chi connectivity index (χ0v) is 13.7. The quantitative estimate of drug-likeness (QED) is 0.845. The Hall–Kier alpha value is -1.26. The van der Waals surface area contributed by atoms with Gasteiger partial charge in [-0.1, -0.05) is 11.6 Å². The standard InChI is InChI=1S/C15H19ClN2OS/c1-5-19-14-7-6-12(16)8-13(14)18-10(3)15-9(2)17-11(4)20-15/h6-8,10,18H,5H2,1-4H3. The van der Waals surface area contributed by atoms with Crippen molar-refractivity contribution in [2.24, 2.45) is 0 Å². The van der Waals surface area contributed by atoms with E-state index < -0.39 is 0 Å². The third-order valence-corrected chi connectivity index (χ3v) is 4.44. The number of thiazole rings is 1. The van der Waals surface area contributed by atoms with Crippen LogP contribution in [-0.2, 0) is 0 Å². The van der Waals surface area contributed by atoms with E-state index in [4.69, 9.17) is 16.3 Å². The van der Waals surface area contributed by atoms with Crippen LogP contribution in [0.2, 0.25) is 5.02 Å². The smallest absolute Gasteiger partial charge is 0.142 e. The Morgan fingerprint density at radius 1 is 1.40 bits per heavy atom. The highest BCUT2D eigenvalue weighted by molar-refractivity contribution is 7.11. The molecule has 0 radical (unpaired) electrons. The minimum atomic E-state index is 0.166. The lowest BCUT2D eigenvalue weighted by atomic mass is 10.2. The largest absolute Gasteiger partial charge is 0.492 e. The van der Waals surface area contributed by atoms with Crippen molar-refractivity contribution in [1.29, 1.82) is 0 Å². The number of aromatic nitrogens is 1. The van der Waals surface area contributed by atoms with Crippen molar-refractivity contribution in [3.05, 3.63) is 38.8 Å². The zero-order chi connectivity index (χ0) is 14.7. The molecule has 2 aromatic rings. The second-order valence-electron chi connectivity index (χ2n) is 4.62. The Morgan fingerprint density at radius 3 is 2.75 bits per heavy atom. The first-order valence-electron chi connectivity index (χ1n) is 6.64. The molecule has 1 heterocycles. The van der Waals surface area contributed by atoms with Gasteiger partial charge in [0, 0.05) is 9.90 Å². The molecule has 3 nitrogen and oxygen atoms in total. The van der Waals surface area contributed by atoms with Crippen LogP contribution >= 0.6 is 22.9 Å². The number of anilines is 1. The lowest BCUT2D eigenvalue weighted by Crippen LogP contribution is -2.08. The molecule has 0 saturated heterocycles. The van der Waals surface area contributed by atoms with Crippen LogP contribution in [0.5, 0.6) is 5.75 Å². The predicted octanol–water partition coefficient (Wildman–Crippen LogP) is 4.99. The highest BCUT2D eigenvalue weighted by Gasteiger charge is 2.15. The van der Waals surface area contributed by atoms with Gasteiger partial charge in [0.05, 0.1) is 29.0 Å². The summed E-state index contributed by atoms with van der Waals surface area (Å²) in [5.41, 5.74) is 1.99. The molecular weight excluding hydrogens is 292 g/mol. The molecule has 0 fully saturated rings. The highest BCUT2D eigenvalue weighted by atomic mass is 35.5. The van der Waals surface area contributed by atoms with E-state index in [1.807, 2.05) is 39.0 Å². The maximum atomic E-state index is 6.08. The molecule has 1 unspecified atom stereocenters. The molecule has 0 aliphatic rings. The molecule has 1 aromatic carbocycles. The van der Waals surface area contributed by atoms with Gasteiger partial charge in [0.2, 0.25) is 0 Å². The van der Waals surface area contributed by atoms with Crippen LogP contribution in [0.3, 0.4) is 0 Å². The number of benzene rings is 1. The first-order chi connectivity index (χ1) is 9.51. The Balaban J connectivity index is 2.24. The minimum Gasteiger partial charge on any atom is -0.492 e. The monoisotopic (exact) mass is 310 g/mol. The van der Waals surface area contributed by atoms with E-state index in [9.17, 15) is 0 Å². The van der Waals surface area contributed by atoms with Crippen molar-refractivity contribution in [3.63, 3.8) is 0 Å². The summed E-state index contributed by atoms with van der Waals surface area (Å²) in [5.74, 6) is 0.822. The number of hydrogen-bond donors (Lipinski definition) is 1. The molecule has 108 valence electrons. The third-order valence-electron chi connectivity index (χ3n) is 2.95. The van der Waals surface area contributed by atoms with E-state index in [1.54, 1.807) is 11.3 Å².